The topological polar surface area (TPSA) is 20.3 Å². The lowest BCUT2D eigenvalue weighted by atomic mass is 10.1. The van der Waals surface area contributed by atoms with Gasteiger partial charge in [-0.3, -0.25) is 9.69 Å². The molecule has 1 fully saturated rings. The number of nitrogens with zero attached hydrogens (tertiary/aromatic N) is 1. The van der Waals surface area contributed by atoms with Gasteiger partial charge in [0.15, 0.2) is 4.32 Å². The molecule has 1 saturated heterocycles. The molecule has 1 amide bonds. The standard InChI is InChI=1S/C17H12FNOS2/c1-11-5-7-12(8-6-11)9-15-16(20)19(17(21)22-15)14-4-2-3-13(18)10-14/h2-10H,1H3/b15-9+. The maximum atomic E-state index is 13.4. The van der Waals surface area contributed by atoms with Gasteiger partial charge in [-0.15, -0.1) is 0 Å². The summed E-state index contributed by atoms with van der Waals surface area (Å²) in [6, 6.07) is 13.7. The summed E-state index contributed by atoms with van der Waals surface area (Å²) in [4.78, 5) is 14.4. The molecule has 2 aromatic carbocycles. The predicted molar refractivity (Wildman–Crippen MR) is 93.2 cm³/mol. The predicted octanol–water partition coefficient (Wildman–Crippen LogP) is 4.54. The first-order valence-corrected chi connectivity index (χ1v) is 7.87. The summed E-state index contributed by atoms with van der Waals surface area (Å²) in [6.07, 6.45) is 1.80. The first-order valence-electron chi connectivity index (χ1n) is 6.65. The fraction of sp³-hybridized carbons (Fsp3) is 0.0588. The number of aryl methyl sites for hydroxylation is 1. The monoisotopic (exact) mass is 329 g/mol. The molecular weight excluding hydrogens is 317 g/mol. The minimum absolute atomic E-state index is 0.221. The number of halogens is 1. The maximum absolute atomic E-state index is 13.4. The third kappa shape index (κ3) is 2.96. The van der Waals surface area contributed by atoms with E-state index in [1.807, 2.05) is 31.2 Å². The molecule has 3 rings (SSSR count). The molecule has 1 aliphatic rings. The Morgan fingerprint density at radius 3 is 2.59 bits per heavy atom. The molecule has 0 unspecified atom stereocenters. The molecule has 2 aromatic rings. The quantitative estimate of drug-likeness (QED) is 0.596. The molecule has 22 heavy (non-hydrogen) atoms. The van der Waals surface area contributed by atoms with Crippen LogP contribution in [0.3, 0.4) is 0 Å². The molecule has 5 heteroatoms. The van der Waals surface area contributed by atoms with Gasteiger partial charge in [-0.1, -0.05) is 59.9 Å². The van der Waals surface area contributed by atoms with Crippen molar-refractivity contribution in [2.45, 2.75) is 6.92 Å². The molecular formula is C17H12FNOS2. The van der Waals surface area contributed by atoms with Crippen molar-refractivity contribution >= 4 is 46.0 Å². The summed E-state index contributed by atoms with van der Waals surface area (Å²) < 4.78 is 13.8. The summed E-state index contributed by atoms with van der Waals surface area (Å²) in [5, 5.41) is 0. The second-order valence-electron chi connectivity index (χ2n) is 4.91. The first kappa shape index (κ1) is 14.9. The number of anilines is 1. The van der Waals surface area contributed by atoms with E-state index in [2.05, 4.69) is 0 Å². The fourth-order valence-corrected chi connectivity index (χ4v) is 3.42. The molecule has 110 valence electrons. The molecule has 0 saturated carbocycles. The van der Waals surface area contributed by atoms with Crippen LogP contribution in [0.4, 0.5) is 10.1 Å². The second-order valence-corrected chi connectivity index (χ2v) is 6.58. The van der Waals surface area contributed by atoms with Gasteiger partial charge in [0.1, 0.15) is 5.82 Å². The van der Waals surface area contributed by atoms with Gasteiger partial charge in [-0.05, 0) is 36.8 Å². The van der Waals surface area contributed by atoms with Crippen molar-refractivity contribution in [3.05, 3.63) is 70.4 Å². The Morgan fingerprint density at radius 2 is 1.91 bits per heavy atom. The van der Waals surface area contributed by atoms with Crippen LogP contribution in [0.25, 0.3) is 6.08 Å². The largest absolute Gasteiger partial charge is 0.270 e. The van der Waals surface area contributed by atoms with Crippen molar-refractivity contribution in [2.75, 3.05) is 4.90 Å². The summed E-state index contributed by atoms with van der Waals surface area (Å²) in [5.74, 6) is -0.616. The van der Waals surface area contributed by atoms with Crippen molar-refractivity contribution in [3.8, 4) is 0 Å². The number of hydrogen-bond acceptors (Lipinski definition) is 3. The Hall–Kier alpha value is -1.98. The number of benzene rings is 2. The Kier molecular flexibility index (Phi) is 4.09. The molecule has 0 spiro atoms. The molecule has 1 heterocycles. The highest BCUT2D eigenvalue weighted by Gasteiger charge is 2.33. The van der Waals surface area contributed by atoms with E-state index < -0.39 is 5.82 Å². The van der Waals surface area contributed by atoms with Crippen molar-refractivity contribution in [3.63, 3.8) is 0 Å². The zero-order valence-electron chi connectivity index (χ0n) is 11.7. The number of hydrogen-bond donors (Lipinski definition) is 0. The molecule has 0 N–H and O–H groups in total. The minimum Gasteiger partial charge on any atom is -0.268 e. The molecule has 0 aromatic heterocycles. The molecule has 0 radical (unpaired) electrons. The lowest BCUT2D eigenvalue weighted by Crippen LogP contribution is -2.27. The third-order valence-corrected chi connectivity index (χ3v) is 4.54. The Labute approximate surface area is 137 Å². The highest BCUT2D eigenvalue weighted by atomic mass is 32.2. The lowest BCUT2D eigenvalue weighted by molar-refractivity contribution is -0.113. The van der Waals surface area contributed by atoms with Crippen molar-refractivity contribution < 1.29 is 9.18 Å². The number of rotatable bonds is 2. The minimum atomic E-state index is -0.394. The number of thioether (sulfide) groups is 1. The van der Waals surface area contributed by atoms with Crippen LogP contribution in [0.1, 0.15) is 11.1 Å². The lowest BCUT2D eigenvalue weighted by Gasteiger charge is -2.14. The van der Waals surface area contributed by atoms with Crippen LogP contribution in [-0.4, -0.2) is 10.2 Å². The summed E-state index contributed by atoms with van der Waals surface area (Å²) in [7, 11) is 0. The zero-order chi connectivity index (χ0) is 15.7. The van der Waals surface area contributed by atoms with E-state index in [0.29, 0.717) is 14.9 Å². The Bertz CT molecular complexity index is 784. The van der Waals surface area contributed by atoms with Gasteiger partial charge in [0.05, 0.1) is 10.6 Å². The van der Waals surface area contributed by atoms with E-state index in [4.69, 9.17) is 12.2 Å². The molecule has 0 aliphatic carbocycles. The van der Waals surface area contributed by atoms with E-state index in [0.717, 1.165) is 11.1 Å². The first-order chi connectivity index (χ1) is 10.5. The average Bonchev–Trinajstić information content (AvgIpc) is 2.76. The van der Waals surface area contributed by atoms with E-state index in [1.54, 1.807) is 18.2 Å². The van der Waals surface area contributed by atoms with Crippen LogP contribution < -0.4 is 4.90 Å². The van der Waals surface area contributed by atoms with E-state index in [9.17, 15) is 9.18 Å². The van der Waals surface area contributed by atoms with Crippen molar-refractivity contribution in [1.29, 1.82) is 0 Å². The molecule has 2 nitrogen and oxygen atoms in total. The highest BCUT2D eigenvalue weighted by molar-refractivity contribution is 8.27. The summed E-state index contributed by atoms with van der Waals surface area (Å²) >= 11 is 6.49. The maximum Gasteiger partial charge on any atom is 0.270 e. The molecule has 0 bridgehead atoms. The van der Waals surface area contributed by atoms with Crippen LogP contribution in [0.5, 0.6) is 0 Å². The SMILES string of the molecule is Cc1ccc(/C=C2/SC(=S)N(c3cccc(F)c3)C2=O)cc1. The third-order valence-electron chi connectivity index (χ3n) is 3.24. The average molecular weight is 329 g/mol. The Balaban J connectivity index is 1.93. The van der Waals surface area contributed by atoms with E-state index in [-0.39, 0.29) is 5.91 Å². The Morgan fingerprint density at radius 1 is 1.18 bits per heavy atom. The van der Waals surface area contributed by atoms with Crippen molar-refractivity contribution in [2.24, 2.45) is 0 Å². The van der Waals surface area contributed by atoms with E-state index >= 15 is 0 Å². The number of thiocarbonyl (C=S) groups is 1. The summed E-state index contributed by atoms with van der Waals surface area (Å²) in [5.41, 5.74) is 2.55. The molecule has 0 atom stereocenters. The van der Waals surface area contributed by atoms with Crippen LogP contribution in [0.15, 0.2) is 53.4 Å². The van der Waals surface area contributed by atoms with Crippen LogP contribution in [0, 0.1) is 12.7 Å². The van der Waals surface area contributed by atoms with Crippen molar-refractivity contribution in [1.82, 2.24) is 0 Å². The normalized spacial score (nSPS) is 16.6. The number of carbonyl (C=O) groups excluding carboxylic acids is 1. The van der Waals surface area contributed by atoms with Gasteiger partial charge in [-0.2, -0.15) is 0 Å². The van der Waals surface area contributed by atoms with Crippen LogP contribution in [-0.2, 0) is 4.79 Å². The smallest absolute Gasteiger partial charge is 0.268 e. The van der Waals surface area contributed by atoms with Crippen LogP contribution in [0.2, 0.25) is 0 Å². The fourth-order valence-electron chi connectivity index (χ4n) is 2.12. The van der Waals surface area contributed by atoms with E-state index in [1.165, 1.54) is 28.8 Å². The number of amides is 1. The summed E-state index contributed by atoms with van der Waals surface area (Å²) in [6.45, 7) is 2.01. The van der Waals surface area contributed by atoms with Gasteiger partial charge in [0, 0.05) is 0 Å². The second kappa shape index (κ2) is 6.02. The zero-order valence-corrected chi connectivity index (χ0v) is 13.4. The van der Waals surface area contributed by atoms with Gasteiger partial charge in [-0.25, -0.2) is 4.39 Å². The number of carbonyl (C=O) groups is 1. The van der Waals surface area contributed by atoms with Gasteiger partial charge >= 0.3 is 0 Å². The van der Waals surface area contributed by atoms with Gasteiger partial charge in [0.25, 0.3) is 5.91 Å². The highest BCUT2D eigenvalue weighted by Crippen LogP contribution is 2.36. The molecule has 1 aliphatic heterocycles. The van der Waals surface area contributed by atoms with Gasteiger partial charge in [0.2, 0.25) is 0 Å². The van der Waals surface area contributed by atoms with Gasteiger partial charge < -0.3 is 0 Å². The van der Waals surface area contributed by atoms with Crippen LogP contribution >= 0.6 is 24.0 Å².